The van der Waals surface area contributed by atoms with Crippen LogP contribution in [0, 0.1) is 5.92 Å². The number of piperazine rings is 1. The van der Waals surface area contributed by atoms with Crippen LogP contribution < -0.4 is 5.73 Å². The van der Waals surface area contributed by atoms with E-state index in [0.717, 1.165) is 0 Å². The molecule has 0 saturated carbocycles. The van der Waals surface area contributed by atoms with Crippen molar-refractivity contribution in [2.45, 2.75) is 13.1 Å². The SMILES string of the molecule is CCOC(=O)N1CCN(CC(CN)C(F)(F)F)CC1. The predicted molar refractivity (Wildman–Crippen MR) is 63.6 cm³/mol. The Morgan fingerprint density at radius 1 is 1.32 bits per heavy atom. The molecule has 1 heterocycles. The topological polar surface area (TPSA) is 58.8 Å². The van der Waals surface area contributed by atoms with Gasteiger partial charge in [-0.15, -0.1) is 0 Å². The van der Waals surface area contributed by atoms with Crippen LogP contribution in [0.2, 0.25) is 0 Å². The summed E-state index contributed by atoms with van der Waals surface area (Å²) in [4.78, 5) is 14.6. The first-order valence-corrected chi connectivity index (χ1v) is 6.29. The maximum atomic E-state index is 12.6. The number of alkyl halides is 3. The minimum absolute atomic E-state index is 0.114. The molecule has 1 amide bonds. The summed E-state index contributed by atoms with van der Waals surface area (Å²) < 4.78 is 42.6. The van der Waals surface area contributed by atoms with E-state index in [-0.39, 0.29) is 6.54 Å². The number of hydrogen-bond donors (Lipinski definition) is 1. The van der Waals surface area contributed by atoms with Gasteiger partial charge in [0.2, 0.25) is 0 Å². The standard InChI is InChI=1S/C11H20F3N3O2/c1-2-19-10(18)17-5-3-16(4-6-17)8-9(7-15)11(12,13)14/h9H,2-8,15H2,1H3. The van der Waals surface area contributed by atoms with Crippen LogP contribution in [0.5, 0.6) is 0 Å². The fraction of sp³-hybridized carbons (Fsp3) is 0.909. The van der Waals surface area contributed by atoms with Crippen LogP contribution >= 0.6 is 0 Å². The van der Waals surface area contributed by atoms with Gasteiger partial charge in [-0.2, -0.15) is 13.2 Å². The first-order valence-electron chi connectivity index (χ1n) is 6.29. The van der Waals surface area contributed by atoms with Crippen molar-refractivity contribution in [3.05, 3.63) is 0 Å². The number of halogens is 3. The summed E-state index contributed by atoms with van der Waals surface area (Å²) in [6, 6.07) is 0. The Balaban J connectivity index is 2.39. The molecule has 1 saturated heterocycles. The summed E-state index contributed by atoms with van der Waals surface area (Å²) in [6.45, 7) is 3.06. The van der Waals surface area contributed by atoms with Crippen molar-refractivity contribution in [1.82, 2.24) is 9.80 Å². The van der Waals surface area contributed by atoms with E-state index in [9.17, 15) is 18.0 Å². The second kappa shape index (κ2) is 6.95. The lowest BCUT2D eigenvalue weighted by Crippen LogP contribution is -2.51. The predicted octanol–water partition coefficient (Wildman–Crippen LogP) is 0.898. The van der Waals surface area contributed by atoms with E-state index in [0.29, 0.717) is 32.8 Å². The number of ether oxygens (including phenoxy) is 1. The Hall–Kier alpha value is -1.02. The molecule has 112 valence electrons. The van der Waals surface area contributed by atoms with Gasteiger partial charge in [-0.3, -0.25) is 4.90 Å². The third-order valence-electron chi connectivity index (χ3n) is 3.12. The molecule has 1 aliphatic rings. The molecule has 0 aromatic carbocycles. The van der Waals surface area contributed by atoms with Gasteiger partial charge in [-0.05, 0) is 6.92 Å². The summed E-state index contributed by atoms with van der Waals surface area (Å²) in [5.41, 5.74) is 5.16. The van der Waals surface area contributed by atoms with Crippen molar-refractivity contribution in [2.75, 3.05) is 45.9 Å². The minimum Gasteiger partial charge on any atom is -0.450 e. The van der Waals surface area contributed by atoms with E-state index >= 15 is 0 Å². The summed E-state index contributed by atoms with van der Waals surface area (Å²) in [6.07, 6.45) is -4.68. The van der Waals surface area contributed by atoms with Gasteiger partial charge in [0.25, 0.3) is 0 Å². The zero-order valence-electron chi connectivity index (χ0n) is 10.9. The van der Waals surface area contributed by atoms with Crippen LogP contribution in [0.1, 0.15) is 6.92 Å². The van der Waals surface area contributed by atoms with E-state index in [4.69, 9.17) is 10.5 Å². The molecule has 19 heavy (non-hydrogen) atoms. The van der Waals surface area contributed by atoms with Crippen molar-refractivity contribution in [1.29, 1.82) is 0 Å². The Kier molecular flexibility index (Phi) is 5.86. The van der Waals surface area contributed by atoms with Gasteiger partial charge in [-0.25, -0.2) is 4.79 Å². The van der Waals surface area contributed by atoms with Gasteiger partial charge < -0.3 is 15.4 Å². The Bertz CT molecular complexity index is 291. The van der Waals surface area contributed by atoms with Crippen LogP contribution in [-0.4, -0.2) is 67.9 Å². The molecular formula is C11H20F3N3O2. The highest BCUT2D eigenvalue weighted by Crippen LogP contribution is 2.26. The van der Waals surface area contributed by atoms with Gasteiger partial charge in [0.05, 0.1) is 12.5 Å². The van der Waals surface area contributed by atoms with Crippen molar-refractivity contribution in [2.24, 2.45) is 11.7 Å². The maximum Gasteiger partial charge on any atom is 0.409 e. The fourth-order valence-electron chi connectivity index (χ4n) is 1.95. The third kappa shape index (κ3) is 4.87. The van der Waals surface area contributed by atoms with E-state index in [2.05, 4.69) is 0 Å². The molecular weight excluding hydrogens is 263 g/mol. The van der Waals surface area contributed by atoms with Gasteiger partial charge in [0.1, 0.15) is 0 Å². The van der Waals surface area contributed by atoms with Crippen LogP contribution in [0.3, 0.4) is 0 Å². The average Bonchev–Trinajstić information content (AvgIpc) is 2.35. The third-order valence-corrected chi connectivity index (χ3v) is 3.12. The van der Waals surface area contributed by atoms with Crippen LogP contribution in [0.4, 0.5) is 18.0 Å². The number of nitrogens with two attached hydrogens (primary N) is 1. The molecule has 1 atom stereocenters. The van der Waals surface area contributed by atoms with Gasteiger partial charge in [0.15, 0.2) is 0 Å². The monoisotopic (exact) mass is 283 g/mol. The molecule has 0 radical (unpaired) electrons. The zero-order chi connectivity index (χ0) is 14.5. The molecule has 1 fully saturated rings. The van der Waals surface area contributed by atoms with E-state index in [1.807, 2.05) is 0 Å². The lowest BCUT2D eigenvalue weighted by Gasteiger charge is -2.36. The summed E-state index contributed by atoms with van der Waals surface area (Å²) >= 11 is 0. The Labute approximate surface area is 110 Å². The van der Waals surface area contributed by atoms with Gasteiger partial charge in [0, 0.05) is 39.3 Å². The second-order valence-electron chi connectivity index (χ2n) is 4.46. The molecule has 0 aromatic rings. The number of carbonyl (C=O) groups excluding carboxylic acids is 1. The number of amides is 1. The smallest absolute Gasteiger partial charge is 0.409 e. The molecule has 1 rings (SSSR count). The highest BCUT2D eigenvalue weighted by Gasteiger charge is 2.39. The number of carbonyl (C=O) groups is 1. The van der Waals surface area contributed by atoms with Gasteiger partial charge >= 0.3 is 12.3 Å². The lowest BCUT2D eigenvalue weighted by molar-refractivity contribution is -0.177. The maximum absolute atomic E-state index is 12.6. The largest absolute Gasteiger partial charge is 0.450 e. The number of nitrogens with zero attached hydrogens (tertiary/aromatic N) is 2. The molecule has 0 bridgehead atoms. The molecule has 5 nitrogen and oxygen atoms in total. The van der Waals surface area contributed by atoms with Crippen LogP contribution in [0.15, 0.2) is 0 Å². The molecule has 0 aromatic heterocycles. The molecule has 1 aliphatic heterocycles. The highest BCUT2D eigenvalue weighted by molar-refractivity contribution is 5.67. The Morgan fingerprint density at radius 2 is 1.89 bits per heavy atom. The first-order chi connectivity index (χ1) is 8.88. The van der Waals surface area contributed by atoms with E-state index in [1.165, 1.54) is 4.90 Å². The van der Waals surface area contributed by atoms with Crippen molar-refractivity contribution in [3.8, 4) is 0 Å². The van der Waals surface area contributed by atoms with Crippen LogP contribution in [-0.2, 0) is 4.74 Å². The first kappa shape index (κ1) is 16.0. The number of rotatable bonds is 4. The summed E-state index contributed by atoms with van der Waals surface area (Å²) in [7, 11) is 0. The quantitative estimate of drug-likeness (QED) is 0.832. The highest BCUT2D eigenvalue weighted by atomic mass is 19.4. The van der Waals surface area contributed by atoms with Crippen molar-refractivity contribution in [3.63, 3.8) is 0 Å². The molecule has 8 heteroatoms. The summed E-state index contributed by atoms with van der Waals surface area (Å²) in [5, 5.41) is 0. The zero-order valence-corrected chi connectivity index (χ0v) is 10.9. The Morgan fingerprint density at radius 3 is 2.32 bits per heavy atom. The van der Waals surface area contributed by atoms with Gasteiger partial charge in [-0.1, -0.05) is 0 Å². The normalized spacial score (nSPS) is 19.3. The minimum atomic E-state index is -4.27. The van der Waals surface area contributed by atoms with Crippen LogP contribution in [0.25, 0.3) is 0 Å². The molecule has 0 spiro atoms. The molecule has 0 aliphatic carbocycles. The molecule has 2 N–H and O–H groups in total. The second-order valence-corrected chi connectivity index (χ2v) is 4.46. The van der Waals surface area contributed by atoms with Crippen molar-refractivity contribution >= 4 is 6.09 Å². The fourth-order valence-corrected chi connectivity index (χ4v) is 1.95. The lowest BCUT2D eigenvalue weighted by atomic mass is 10.1. The van der Waals surface area contributed by atoms with E-state index in [1.54, 1.807) is 11.8 Å². The number of hydrogen-bond acceptors (Lipinski definition) is 4. The summed E-state index contributed by atoms with van der Waals surface area (Å²) in [5.74, 6) is -1.51. The van der Waals surface area contributed by atoms with Crippen molar-refractivity contribution < 1.29 is 22.7 Å². The average molecular weight is 283 g/mol. The molecule has 1 unspecified atom stereocenters. The van der Waals surface area contributed by atoms with E-state index < -0.39 is 24.7 Å².